The van der Waals surface area contributed by atoms with Gasteiger partial charge in [0.1, 0.15) is 0 Å². The number of nitrogens with zero attached hydrogens (tertiary/aromatic N) is 3. The Morgan fingerprint density at radius 3 is 2.38 bits per heavy atom. The van der Waals surface area contributed by atoms with Gasteiger partial charge in [-0.1, -0.05) is 19.3 Å². The van der Waals surface area contributed by atoms with E-state index in [1.54, 1.807) is 6.92 Å². The van der Waals surface area contributed by atoms with Gasteiger partial charge in [0.25, 0.3) is 0 Å². The summed E-state index contributed by atoms with van der Waals surface area (Å²) < 4.78 is 0. The first-order valence-electron chi connectivity index (χ1n) is 9.21. The number of guanidine groups is 1. The van der Waals surface area contributed by atoms with Crippen LogP contribution in [-0.2, 0) is 4.79 Å². The lowest BCUT2D eigenvalue weighted by atomic mass is 9.96. The minimum atomic E-state index is 0. The van der Waals surface area contributed by atoms with Crippen LogP contribution in [-0.4, -0.2) is 73.5 Å². The topological polar surface area (TPSA) is 60.0 Å². The molecule has 0 aromatic rings. The molecule has 2 N–H and O–H groups in total. The standard InChI is InChI=1S/C17H33N5O.HI/c1-3-18-17(20-16-7-5-4-6-8-16)19-9-10-21-11-13-22(14-12-21)15(2)23;/h16H,3-14H2,1-2H3,(H2,18,19,20);1H. The fourth-order valence-corrected chi connectivity index (χ4v) is 3.35. The summed E-state index contributed by atoms with van der Waals surface area (Å²) in [6.07, 6.45) is 6.56. The summed E-state index contributed by atoms with van der Waals surface area (Å²) in [4.78, 5) is 20.4. The third kappa shape index (κ3) is 7.55. The fourth-order valence-electron chi connectivity index (χ4n) is 3.35. The van der Waals surface area contributed by atoms with Gasteiger partial charge in [0, 0.05) is 52.2 Å². The minimum Gasteiger partial charge on any atom is -0.357 e. The van der Waals surface area contributed by atoms with Crippen molar-refractivity contribution in [2.45, 2.75) is 52.0 Å². The zero-order chi connectivity index (χ0) is 16.5. The van der Waals surface area contributed by atoms with Crippen LogP contribution in [0.3, 0.4) is 0 Å². The lowest BCUT2D eigenvalue weighted by Gasteiger charge is -2.33. The highest BCUT2D eigenvalue weighted by Crippen LogP contribution is 2.17. The van der Waals surface area contributed by atoms with E-state index in [-0.39, 0.29) is 29.9 Å². The maximum atomic E-state index is 11.3. The number of carbonyl (C=O) groups is 1. The van der Waals surface area contributed by atoms with Gasteiger partial charge in [-0.3, -0.25) is 14.7 Å². The lowest BCUT2D eigenvalue weighted by Crippen LogP contribution is -2.49. The van der Waals surface area contributed by atoms with Crippen LogP contribution in [0.15, 0.2) is 4.99 Å². The van der Waals surface area contributed by atoms with E-state index in [9.17, 15) is 4.79 Å². The van der Waals surface area contributed by atoms with Crippen LogP contribution in [0.5, 0.6) is 0 Å². The lowest BCUT2D eigenvalue weighted by molar-refractivity contribution is -0.130. The molecule has 7 heteroatoms. The number of piperazine rings is 1. The van der Waals surface area contributed by atoms with E-state index >= 15 is 0 Å². The second kappa shape index (κ2) is 11.9. The van der Waals surface area contributed by atoms with Gasteiger partial charge in [-0.15, -0.1) is 24.0 Å². The molecule has 0 atom stereocenters. The molecule has 1 saturated carbocycles. The van der Waals surface area contributed by atoms with Crippen molar-refractivity contribution in [3.8, 4) is 0 Å². The summed E-state index contributed by atoms with van der Waals surface area (Å²) in [5, 5.41) is 6.94. The molecule has 2 aliphatic rings. The Balaban J connectivity index is 0.00000288. The molecule has 0 bridgehead atoms. The summed E-state index contributed by atoms with van der Waals surface area (Å²) in [5.41, 5.74) is 0. The van der Waals surface area contributed by atoms with E-state index < -0.39 is 0 Å². The molecule has 0 spiro atoms. The highest BCUT2D eigenvalue weighted by atomic mass is 127. The van der Waals surface area contributed by atoms with Gasteiger partial charge in [-0.05, 0) is 19.8 Å². The molecule has 24 heavy (non-hydrogen) atoms. The van der Waals surface area contributed by atoms with Gasteiger partial charge in [0.15, 0.2) is 5.96 Å². The first-order chi connectivity index (χ1) is 11.2. The molecule has 0 radical (unpaired) electrons. The first-order valence-corrected chi connectivity index (χ1v) is 9.21. The average molecular weight is 451 g/mol. The Kier molecular flexibility index (Phi) is 10.6. The Labute approximate surface area is 163 Å². The van der Waals surface area contributed by atoms with Gasteiger partial charge in [-0.25, -0.2) is 0 Å². The Morgan fingerprint density at radius 2 is 1.79 bits per heavy atom. The smallest absolute Gasteiger partial charge is 0.219 e. The molecule has 1 aliphatic heterocycles. The number of amides is 1. The second-order valence-electron chi connectivity index (χ2n) is 6.59. The van der Waals surface area contributed by atoms with Gasteiger partial charge >= 0.3 is 0 Å². The van der Waals surface area contributed by atoms with Crippen molar-refractivity contribution in [3.05, 3.63) is 0 Å². The summed E-state index contributed by atoms with van der Waals surface area (Å²) in [6, 6.07) is 0.584. The summed E-state index contributed by atoms with van der Waals surface area (Å²) in [5.74, 6) is 1.15. The third-order valence-electron chi connectivity index (χ3n) is 4.79. The van der Waals surface area contributed by atoms with Crippen molar-refractivity contribution < 1.29 is 4.79 Å². The summed E-state index contributed by atoms with van der Waals surface area (Å²) in [6.45, 7) is 10.0. The Morgan fingerprint density at radius 1 is 1.12 bits per heavy atom. The zero-order valence-electron chi connectivity index (χ0n) is 15.2. The molecule has 1 aliphatic carbocycles. The van der Waals surface area contributed by atoms with Gasteiger partial charge in [0.05, 0.1) is 6.54 Å². The predicted octanol–water partition coefficient (Wildman–Crippen LogP) is 1.66. The number of hydrogen-bond acceptors (Lipinski definition) is 3. The monoisotopic (exact) mass is 451 g/mol. The number of aliphatic imine (C=N–C) groups is 1. The highest BCUT2D eigenvalue weighted by Gasteiger charge is 2.18. The van der Waals surface area contributed by atoms with E-state index in [2.05, 4.69) is 22.5 Å². The van der Waals surface area contributed by atoms with Crippen molar-refractivity contribution >= 4 is 35.8 Å². The molecule has 2 fully saturated rings. The fraction of sp³-hybridized carbons (Fsp3) is 0.882. The Hall–Kier alpha value is -0.570. The minimum absolute atomic E-state index is 0. The van der Waals surface area contributed by atoms with E-state index in [0.717, 1.165) is 51.8 Å². The molecule has 1 saturated heterocycles. The highest BCUT2D eigenvalue weighted by molar-refractivity contribution is 14.0. The van der Waals surface area contributed by atoms with Crippen molar-refractivity contribution in [1.82, 2.24) is 20.4 Å². The number of hydrogen-bond donors (Lipinski definition) is 2. The molecule has 1 heterocycles. The van der Waals surface area contributed by atoms with Crippen LogP contribution >= 0.6 is 24.0 Å². The van der Waals surface area contributed by atoms with Gasteiger partial charge in [-0.2, -0.15) is 0 Å². The van der Waals surface area contributed by atoms with E-state index in [0.29, 0.717) is 6.04 Å². The van der Waals surface area contributed by atoms with Gasteiger partial charge in [0.2, 0.25) is 5.91 Å². The SMILES string of the molecule is CCNC(=NCCN1CCN(C(C)=O)CC1)NC1CCCCC1.I. The van der Waals surface area contributed by atoms with E-state index in [4.69, 9.17) is 4.99 Å². The molecule has 140 valence electrons. The van der Waals surface area contributed by atoms with Crippen LogP contribution in [0.25, 0.3) is 0 Å². The molecule has 0 aromatic carbocycles. The molecule has 0 unspecified atom stereocenters. The molecule has 0 aromatic heterocycles. The molecule has 1 amide bonds. The summed E-state index contributed by atoms with van der Waals surface area (Å²) in [7, 11) is 0. The molecule has 6 nitrogen and oxygen atoms in total. The molecular formula is C17H34IN5O. The van der Waals surface area contributed by atoms with Crippen molar-refractivity contribution in [2.24, 2.45) is 4.99 Å². The zero-order valence-corrected chi connectivity index (χ0v) is 17.6. The maximum Gasteiger partial charge on any atom is 0.219 e. The van der Waals surface area contributed by atoms with Crippen LogP contribution in [0, 0.1) is 0 Å². The van der Waals surface area contributed by atoms with E-state index in [1.807, 2.05) is 4.90 Å². The average Bonchev–Trinajstić information content (AvgIpc) is 2.56. The largest absolute Gasteiger partial charge is 0.357 e. The normalized spacial score (nSPS) is 20.4. The maximum absolute atomic E-state index is 11.3. The molecule has 2 rings (SSSR count). The number of nitrogens with one attached hydrogen (secondary N) is 2. The molecular weight excluding hydrogens is 417 g/mol. The van der Waals surface area contributed by atoms with Gasteiger partial charge < -0.3 is 15.5 Å². The van der Waals surface area contributed by atoms with Crippen LogP contribution in [0.4, 0.5) is 0 Å². The first kappa shape index (κ1) is 21.5. The van der Waals surface area contributed by atoms with Crippen molar-refractivity contribution in [2.75, 3.05) is 45.8 Å². The van der Waals surface area contributed by atoms with E-state index in [1.165, 1.54) is 32.1 Å². The third-order valence-corrected chi connectivity index (χ3v) is 4.79. The van der Waals surface area contributed by atoms with Crippen LogP contribution in [0.2, 0.25) is 0 Å². The number of halogens is 1. The number of carbonyl (C=O) groups excluding carboxylic acids is 1. The number of rotatable bonds is 5. The quantitative estimate of drug-likeness (QED) is 0.379. The second-order valence-corrected chi connectivity index (χ2v) is 6.59. The summed E-state index contributed by atoms with van der Waals surface area (Å²) >= 11 is 0. The van der Waals surface area contributed by atoms with Crippen LogP contribution in [0.1, 0.15) is 46.0 Å². The van der Waals surface area contributed by atoms with Crippen molar-refractivity contribution in [1.29, 1.82) is 0 Å². The Bertz CT molecular complexity index is 390. The predicted molar refractivity (Wildman–Crippen MR) is 110 cm³/mol. The van der Waals surface area contributed by atoms with Crippen LogP contribution < -0.4 is 10.6 Å². The van der Waals surface area contributed by atoms with Crippen molar-refractivity contribution in [3.63, 3.8) is 0 Å².